The number of hydrogen-bond acceptors (Lipinski definition) is 6. The highest BCUT2D eigenvalue weighted by Gasteiger charge is 2.36. The number of rotatable bonds is 7. The number of benzene rings is 3. The number of thiazole rings is 1. The van der Waals surface area contributed by atoms with Crippen molar-refractivity contribution in [1.82, 2.24) is 4.98 Å². The van der Waals surface area contributed by atoms with E-state index >= 15 is 0 Å². The third-order valence-electron chi connectivity index (χ3n) is 6.86. The average Bonchev–Trinajstić information content (AvgIpc) is 3.47. The molecule has 0 saturated heterocycles. The summed E-state index contributed by atoms with van der Waals surface area (Å²) in [7, 11) is 0. The number of halogens is 1. The first-order chi connectivity index (χ1) is 20.5. The van der Waals surface area contributed by atoms with Crippen molar-refractivity contribution in [3.63, 3.8) is 0 Å². The van der Waals surface area contributed by atoms with Crippen LogP contribution in [0.1, 0.15) is 13.3 Å². The van der Waals surface area contributed by atoms with Crippen molar-refractivity contribution in [1.29, 1.82) is 0 Å². The van der Waals surface area contributed by atoms with E-state index in [1.807, 2.05) is 77.9 Å². The molecule has 6 rings (SSSR count). The summed E-state index contributed by atoms with van der Waals surface area (Å²) in [6.07, 6.45) is 8.81. The minimum atomic E-state index is -0.361. The summed E-state index contributed by atoms with van der Waals surface area (Å²) < 4.78 is 13.3. The molecule has 1 aliphatic heterocycles. The van der Waals surface area contributed by atoms with Crippen molar-refractivity contribution >= 4 is 63.3 Å². The summed E-state index contributed by atoms with van der Waals surface area (Å²) in [5, 5.41) is 8.12. The van der Waals surface area contributed by atoms with E-state index in [0.29, 0.717) is 22.9 Å². The second kappa shape index (κ2) is 12.6. The zero-order chi connectivity index (χ0) is 29.1. The number of anilines is 3. The van der Waals surface area contributed by atoms with Gasteiger partial charge in [0, 0.05) is 26.4 Å². The predicted molar refractivity (Wildman–Crippen MR) is 172 cm³/mol. The van der Waals surface area contributed by atoms with E-state index in [2.05, 4.69) is 27.8 Å². The molecule has 0 fully saturated rings. The fourth-order valence-corrected chi connectivity index (χ4v) is 7.81. The molecule has 212 valence electrons. The van der Waals surface area contributed by atoms with Crippen molar-refractivity contribution in [2.24, 2.45) is 0 Å². The van der Waals surface area contributed by atoms with E-state index in [-0.39, 0.29) is 34.3 Å². The second-order valence-electron chi connectivity index (χ2n) is 9.69. The van der Waals surface area contributed by atoms with Crippen LogP contribution in [0.15, 0.2) is 112 Å². The van der Waals surface area contributed by atoms with Gasteiger partial charge in [0.15, 0.2) is 5.13 Å². The number of nitrogens with zero attached hydrogens (tertiary/aromatic N) is 2. The second-order valence-corrected chi connectivity index (χ2v) is 13.0. The van der Waals surface area contributed by atoms with Crippen LogP contribution in [0.4, 0.5) is 25.7 Å². The highest BCUT2D eigenvalue weighted by atomic mass is 32.2. The maximum atomic E-state index is 13.7. The van der Waals surface area contributed by atoms with Gasteiger partial charge in [0.1, 0.15) is 5.82 Å². The van der Waals surface area contributed by atoms with Crippen LogP contribution in [0.25, 0.3) is 11.3 Å². The molecule has 10 heteroatoms. The quantitative estimate of drug-likeness (QED) is 0.204. The van der Waals surface area contributed by atoms with Crippen LogP contribution >= 0.6 is 34.9 Å². The molecule has 3 amide bonds. The predicted octanol–water partition coefficient (Wildman–Crippen LogP) is 8.47. The van der Waals surface area contributed by atoms with Crippen LogP contribution in [-0.4, -0.2) is 33.5 Å². The number of carbonyl (C=O) groups is 2. The largest absolute Gasteiger partial charge is 0.326 e. The van der Waals surface area contributed by atoms with Gasteiger partial charge >= 0.3 is 6.03 Å². The van der Waals surface area contributed by atoms with Crippen molar-refractivity contribution in [3.05, 3.63) is 108 Å². The third-order valence-corrected chi connectivity index (χ3v) is 10.3. The summed E-state index contributed by atoms with van der Waals surface area (Å²) in [6, 6.07) is 21.3. The van der Waals surface area contributed by atoms with Crippen molar-refractivity contribution in [2.75, 3.05) is 15.5 Å². The molecule has 2 N–H and O–H groups in total. The maximum absolute atomic E-state index is 13.7. The molecule has 6 nitrogen and oxygen atoms in total. The molecule has 3 unspecified atom stereocenters. The SMILES string of the molecule is CCC(Sc1cccc(NC(=O)N2c3ccccc3SC3C=CC=CC32)c1)C(=O)Nc1nc(-c2ccc(F)cc2)cs1. The molecule has 2 aliphatic rings. The van der Waals surface area contributed by atoms with Gasteiger partial charge in [0.25, 0.3) is 0 Å². The Morgan fingerprint density at radius 3 is 2.67 bits per heavy atom. The Balaban J connectivity index is 1.13. The number of para-hydroxylation sites is 1. The van der Waals surface area contributed by atoms with Crippen molar-refractivity contribution < 1.29 is 14.0 Å². The first-order valence-corrected chi connectivity index (χ1v) is 16.1. The number of carbonyl (C=O) groups excluding carboxylic acids is 2. The molecule has 0 bridgehead atoms. The monoisotopic (exact) mass is 614 g/mol. The molecule has 0 spiro atoms. The Hall–Kier alpha value is -3.86. The van der Waals surface area contributed by atoms with E-state index in [1.165, 1.54) is 35.2 Å². The molecule has 0 radical (unpaired) electrons. The van der Waals surface area contributed by atoms with Gasteiger partial charge in [-0.25, -0.2) is 14.2 Å². The molecule has 4 aromatic rings. The zero-order valence-corrected chi connectivity index (χ0v) is 25.0. The van der Waals surface area contributed by atoms with Crippen LogP contribution in [-0.2, 0) is 4.79 Å². The lowest BCUT2D eigenvalue weighted by Crippen LogP contribution is -2.49. The molecular formula is C32H27FN4O2S3. The first-order valence-electron chi connectivity index (χ1n) is 13.5. The van der Waals surface area contributed by atoms with E-state index < -0.39 is 0 Å². The van der Waals surface area contributed by atoms with Gasteiger partial charge in [0.05, 0.1) is 27.9 Å². The van der Waals surface area contributed by atoms with Gasteiger partial charge in [-0.2, -0.15) is 0 Å². The standard InChI is InChI=1S/C32H27FN4O2S3/c1-2-27(30(38)36-31-35-24(19-40-31)20-14-16-21(33)17-15-20)41-23-9-7-8-22(18-23)34-32(39)37-25-10-3-5-12-28(25)42-29-13-6-4-11-26(29)37/h3-19,25,27-28H,2H2,1H3,(H,34,39)(H,35,36,38). The highest BCUT2D eigenvalue weighted by molar-refractivity contribution is 8.00. The summed E-state index contributed by atoms with van der Waals surface area (Å²) in [5.74, 6) is -0.458. The van der Waals surface area contributed by atoms with E-state index in [9.17, 15) is 14.0 Å². The average molecular weight is 615 g/mol. The van der Waals surface area contributed by atoms with Crippen LogP contribution < -0.4 is 15.5 Å². The van der Waals surface area contributed by atoms with Crippen molar-refractivity contribution in [3.8, 4) is 11.3 Å². The zero-order valence-electron chi connectivity index (χ0n) is 22.6. The summed E-state index contributed by atoms with van der Waals surface area (Å²) in [4.78, 5) is 35.1. The maximum Gasteiger partial charge on any atom is 0.326 e. The normalized spacial score (nSPS) is 17.7. The molecule has 3 aromatic carbocycles. The topological polar surface area (TPSA) is 74.3 Å². The van der Waals surface area contributed by atoms with Gasteiger partial charge in [0.2, 0.25) is 5.91 Å². The molecule has 1 aromatic heterocycles. The number of urea groups is 1. The third kappa shape index (κ3) is 6.16. The number of fused-ring (bicyclic) bond motifs is 2. The number of hydrogen-bond donors (Lipinski definition) is 2. The molecule has 2 heterocycles. The Morgan fingerprint density at radius 2 is 1.83 bits per heavy atom. The van der Waals surface area contributed by atoms with Crippen LogP contribution in [0.5, 0.6) is 0 Å². The van der Waals surface area contributed by atoms with E-state index in [4.69, 9.17) is 0 Å². The minimum Gasteiger partial charge on any atom is -0.307 e. The number of nitrogens with one attached hydrogen (secondary N) is 2. The lowest BCUT2D eigenvalue weighted by Gasteiger charge is -2.40. The van der Waals surface area contributed by atoms with E-state index in [1.54, 1.807) is 23.9 Å². The number of allylic oxidation sites excluding steroid dienone is 2. The molecule has 42 heavy (non-hydrogen) atoms. The molecule has 0 saturated carbocycles. The minimum absolute atomic E-state index is 0.0879. The number of thioether (sulfide) groups is 2. The molecule has 3 atom stereocenters. The fourth-order valence-electron chi connectivity index (χ4n) is 4.81. The Morgan fingerprint density at radius 1 is 1.02 bits per heavy atom. The van der Waals surface area contributed by atoms with Crippen molar-refractivity contribution in [2.45, 2.75) is 39.7 Å². The van der Waals surface area contributed by atoms with Gasteiger partial charge in [-0.1, -0.05) is 49.4 Å². The fraction of sp³-hybridized carbons (Fsp3) is 0.156. The number of aromatic nitrogens is 1. The van der Waals surface area contributed by atoms with Gasteiger partial charge < -0.3 is 10.6 Å². The lowest BCUT2D eigenvalue weighted by atomic mass is 10.1. The molecular weight excluding hydrogens is 588 g/mol. The highest BCUT2D eigenvalue weighted by Crippen LogP contribution is 2.43. The van der Waals surface area contributed by atoms with Crippen LogP contribution in [0.2, 0.25) is 0 Å². The van der Waals surface area contributed by atoms with E-state index in [0.717, 1.165) is 21.0 Å². The summed E-state index contributed by atoms with van der Waals surface area (Å²) in [6.45, 7) is 1.96. The lowest BCUT2D eigenvalue weighted by molar-refractivity contribution is -0.115. The molecule has 1 aliphatic carbocycles. The summed E-state index contributed by atoms with van der Waals surface area (Å²) in [5.41, 5.74) is 3.01. The van der Waals surface area contributed by atoms with Crippen LogP contribution in [0, 0.1) is 5.82 Å². The van der Waals surface area contributed by atoms with Gasteiger partial charge in [-0.3, -0.25) is 9.69 Å². The van der Waals surface area contributed by atoms with Crippen LogP contribution in [0.3, 0.4) is 0 Å². The Bertz CT molecular complexity index is 1670. The Kier molecular flexibility index (Phi) is 8.46. The Labute approximate surface area is 256 Å². The van der Waals surface area contributed by atoms with Gasteiger partial charge in [-0.05, 0) is 61.0 Å². The van der Waals surface area contributed by atoms with Gasteiger partial charge in [-0.15, -0.1) is 34.9 Å². The summed E-state index contributed by atoms with van der Waals surface area (Å²) >= 11 is 4.53. The number of amides is 3. The first kappa shape index (κ1) is 28.3. The smallest absolute Gasteiger partial charge is 0.307 e.